The Bertz CT molecular complexity index is 427. The number of hydrogen-bond donors (Lipinski definition) is 1. The van der Waals surface area contributed by atoms with Gasteiger partial charge in [-0.15, -0.1) is 5.06 Å². The van der Waals surface area contributed by atoms with E-state index in [-0.39, 0.29) is 25.9 Å². The number of amides is 2. The van der Waals surface area contributed by atoms with Crippen LogP contribution in [-0.2, 0) is 28.7 Å². The number of imide groups is 1. The number of nitrogens with one attached hydrogen (secondary N) is 1. The lowest BCUT2D eigenvalue weighted by Crippen LogP contribution is -2.32. The molecule has 23 heavy (non-hydrogen) atoms. The van der Waals surface area contributed by atoms with Gasteiger partial charge in [-0.05, 0) is 6.42 Å². The molecule has 8 nitrogen and oxygen atoms in total. The SMILES string of the molecule is CCC(=S)NCCOCCOCCC(=O)ON1C(=O)CCC1=O. The van der Waals surface area contributed by atoms with Gasteiger partial charge in [0, 0.05) is 19.4 Å². The normalized spacial score (nSPS) is 14.2. The minimum atomic E-state index is -0.674. The highest BCUT2D eigenvalue weighted by Crippen LogP contribution is 2.12. The molecule has 1 saturated heterocycles. The van der Waals surface area contributed by atoms with E-state index < -0.39 is 17.8 Å². The third-order valence-corrected chi connectivity index (χ3v) is 3.34. The Morgan fingerprint density at radius 3 is 2.35 bits per heavy atom. The summed E-state index contributed by atoms with van der Waals surface area (Å²) in [5, 5.41) is 3.56. The largest absolute Gasteiger partial charge is 0.378 e. The topological polar surface area (TPSA) is 94.2 Å². The zero-order valence-electron chi connectivity index (χ0n) is 13.2. The Kier molecular flexibility index (Phi) is 9.34. The summed E-state index contributed by atoms with van der Waals surface area (Å²) < 4.78 is 10.5. The Morgan fingerprint density at radius 1 is 1.13 bits per heavy atom. The first-order valence-electron chi connectivity index (χ1n) is 7.53. The third kappa shape index (κ3) is 8.00. The summed E-state index contributed by atoms with van der Waals surface area (Å²) in [5.74, 6) is -1.66. The monoisotopic (exact) mass is 346 g/mol. The molecule has 0 aromatic carbocycles. The van der Waals surface area contributed by atoms with Crippen LogP contribution in [0.5, 0.6) is 0 Å². The summed E-state index contributed by atoms with van der Waals surface area (Å²) in [7, 11) is 0. The fourth-order valence-corrected chi connectivity index (χ4v) is 1.77. The number of carbonyl (C=O) groups excluding carboxylic acids is 3. The van der Waals surface area contributed by atoms with E-state index in [2.05, 4.69) is 5.32 Å². The maximum Gasteiger partial charge on any atom is 0.335 e. The van der Waals surface area contributed by atoms with E-state index in [1.807, 2.05) is 6.92 Å². The second-order valence-corrected chi connectivity index (χ2v) is 5.22. The predicted molar refractivity (Wildman–Crippen MR) is 84.3 cm³/mol. The summed E-state index contributed by atoms with van der Waals surface area (Å²) in [5.41, 5.74) is 0. The second kappa shape index (κ2) is 11.0. The van der Waals surface area contributed by atoms with E-state index in [1.54, 1.807) is 0 Å². The molecule has 0 aromatic rings. The van der Waals surface area contributed by atoms with E-state index in [9.17, 15) is 14.4 Å². The van der Waals surface area contributed by atoms with Crippen LogP contribution >= 0.6 is 12.2 Å². The van der Waals surface area contributed by atoms with Gasteiger partial charge in [-0.2, -0.15) is 0 Å². The van der Waals surface area contributed by atoms with Crippen LogP contribution in [0.2, 0.25) is 0 Å². The molecule has 0 spiro atoms. The van der Waals surface area contributed by atoms with Gasteiger partial charge < -0.3 is 19.6 Å². The summed E-state index contributed by atoms with van der Waals surface area (Å²) in [6, 6.07) is 0. The number of hydroxylamine groups is 2. The molecule has 1 aliphatic heterocycles. The molecule has 1 aliphatic rings. The van der Waals surface area contributed by atoms with Crippen molar-refractivity contribution in [3.63, 3.8) is 0 Å². The molecule has 0 saturated carbocycles. The third-order valence-electron chi connectivity index (χ3n) is 2.91. The van der Waals surface area contributed by atoms with Crippen molar-refractivity contribution in [3.05, 3.63) is 0 Å². The predicted octanol–water partition coefficient (Wildman–Crippen LogP) is 0.344. The molecular weight excluding hydrogens is 324 g/mol. The van der Waals surface area contributed by atoms with Gasteiger partial charge in [0.1, 0.15) is 0 Å². The van der Waals surface area contributed by atoms with Crippen molar-refractivity contribution in [1.82, 2.24) is 10.4 Å². The fraction of sp³-hybridized carbons (Fsp3) is 0.714. The summed E-state index contributed by atoms with van der Waals surface area (Å²) in [6.07, 6.45) is 0.933. The molecule has 1 rings (SSSR count). The Hall–Kier alpha value is -1.58. The molecule has 9 heteroatoms. The van der Waals surface area contributed by atoms with Crippen LogP contribution in [0.25, 0.3) is 0 Å². The lowest BCUT2D eigenvalue weighted by Gasteiger charge is -2.12. The zero-order valence-corrected chi connectivity index (χ0v) is 14.0. The van der Waals surface area contributed by atoms with Crippen molar-refractivity contribution in [3.8, 4) is 0 Å². The first-order chi connectivity index (χ1) is 11.0. The number of rotatable bonds is 11. The summed E-state index contributed by atoms with van der Waals surface area (Å²) in [6.45, 7) is 4.02. The van der Waals surface area contributed by atoms with Crippen LogP contribution in [0.3, 0.4) is 0 Å². The fourth-order valence-electron chi connectivity index (χ4n) is 1.67. The van der Waals surface area contributed by atoms with Crippen molar-refractivity contribution in [2.75, 3.05) is 33.0 Å². The molecule has 2 amide bonds. The van der Waals surface area contributed by atoms with Crippen LogP contribution in [0.1, 0.15) is 32.6 Å². The van der Waals surface area contributed by atoms with Gasteiger partial charge in [-0.25, -0.2) is 4.79 Å². The first-order valence-corrected chi connectivity index (χ1v) is 7.94. The van der Waals surface area contributed by atoms with Crippen molar-refractivity contribution >= 4 is 35.0 Å². The molecule has 0 atom stereocenters. The Labute approximate surface area is 140 Å². The van der Waals surface area contributed by atoms with Gasteiger partial charge in [0.25, 0.3) is 11.8 Å². The summed E-state index contributed by atoms with van der Waals surface area (Å²) in [4.78, 5) is 39.5. The molecule has 1 fully saturated rings. The Balaban J connectivity index is 1.94. The van der Waals surface area contributed by atoms with Crippen molar-refractivity contribution < 1.29 is 28.7 Å². The van der Waals surface area contributed by atoms with Gasteiger partial charge in [-0.3, -0.25) is 9.59 Å². The quantitative estimate of drug-likeness (QED) is 0.325. The first kappa shape index (κ1) is 19.5. The highest BCUT2D eigenvalue weighted by atomic mass is 32.1. The number of carbonyl (C=O) groups is 3. The molecule has 0 unspecified atom stereocenters. The standard InChI is InChI=1S/C14H22N2O6S/c1-2-11(23)15-6-8-21-10-9-20-7-5-14(19)22-16-12(17)3-4-13(16)18/h2-10H2,1H3,(H,15,23). The number of thiocarbonyl (C=S) groups is 1. The lowest BCUT2D eigenvalue weighted by atomic mass is 10.4. The van der Waals surface area contributed by atoms with E-state index in [4.69, 9.17) is 26.5 Å². The smallest absolute Gasteiger partial charge is 0.335 e. The van der Waals surface area contributed by atoms with Crippen LogP contribution in [0.4, 0.5) is 0 Å². The highest BCUT2D eigenvalue weighted by molar-refractivity contribution is 7.80. The van der Waals surface area contributed by atoms with Crippen LogP contribution in [0.15, 0.2) is 0 Å². The molecule has 0 bridgehead atoms. The van der Waals surface area contributed by atoms with Gasteiger partial charge >= 0.3 is 5.97 Å². The maximum absolute atomic E-state index is 11.5. The van der Waals surface area contributed by atoms with Crippen molar-refractivity contribution in [1.29, 1.82) is 0 Å². The number of hydrogen-bond acceptors (Lipinski definition) is 7. The van der Waals surface area contributed by atoms with Gasteiger partial charge in [0.05, 0.1) is 37.8 Å². The number of ether oxygens (including phenoxy) is 2. The van der Waals surface area contributed by atoms with E-state index in [0.29, 0.717) is 31.4 Å². The lowest BCUT2D eigenvalue weighted by molar-refractivity contribution is -0.198. The van der Waals surface area contributed by atoms with Gasteiger partial charge in [0.2, 0.25) is 0 Å². The molecule has 1 heterocycles. The molecule has 130 valence electrons. The Morgan fingerprint density at radius 2 is 1.74 bits per heavy atom. The van der Waals surface area contributed by atoms with Crippen LogP contribution in [-0.4, -0.2) is 60.8 Å². The van der Waals surface area contributed by atoms with Crippen LogP contribution in [0, 0.1) is 0 Å². The summed E-state index contributed by atoms with van der Waals surface area (Å²) >= 11 is 5.00. The molecule has 0 aromatic heterocycles. The van der Waals surface area contributed by atoms with Gasteiger partial charge in [-0.1, -0.05) is 19.1 Å². The molecule has 0 radical (unpaired) electrons. The maximum atomic E-state index is 11.5. The minimum absolute atomic E-state index is 0.0383. The van der Waals surface area contributed by atoms with E-state index in [1.165, 1.54) is 0 Å². The van der Waals surface area contributed by atoms with Crippen molar-refractivity contribution in [2.24, 2.45) is 0 Å². The second-order valence-electron chi connectivity index (χ2n) is 4.72. The highest BCUT2D eigenvalue weighted by Gasteiger charge is 2.32. The van der Waals surface area contributed by atoms with Gasteiger partial charge in [0.15, 0.2) is 0 Å². The van der Waals surface area contributed by atoms with E-state index in [0.717, 1.165) is 11.4 Å². The van der Waals surface area contributed by atoms with Crippen LogP contribution < -0.4 is 5.32 Å². The molecule has 0 aliphatic carbocycles. The van der Waals surface area contributed by atoms with Crippen molar-refractivity contribution in [2.45, 2.75) is 32.6 Å². The van der Waals surface area contributed by atoms with E-state index >= 15 is 0 Å². The molecule has 1 N–H and O–H groups in total. The molecular formula is C14H22N2O6S. The average Bonchev–Trinajstić information content (AvgIpc) is 2.84. The minimum Gasteiger partial charge on any atom is -0.378 e. The average molecular weight is 346 g/mol. The number of nitrogens with zero attached hydrogens (tertiary/aromatic N) is 1. The zero-order chi connectivity index (χ0) is 17.1.